The number of carbonyl (C=O) groups is 1. The van der Waals surface area contributed by atoms with Crippen molar-refractivity contribution in [2.24, 2.45) is 10.9 Å². The largest absolute Gasteiger partial charge is 0.480 e. The van der Waals surface area contributed by atoms with Gasteiger partial charge in [-0.05, 0) is 13.2 Å². The molecule has 0 bridgehead atoms. The van der Waals surface area contributed by atoms with E-state index in [-0.39, 0.29) is 0 Å². The van der Waals surface area contributed by atoms with Crippen LogP contribution in [0.25, 0.3) is 0 Å². The zero-order valence-corrected chi connectivity index (χ0v) is 7.76. The highest BCUT2D eigenvalue weighted by molar-refractivity contribution is 8.13. The van der Waals surface area contributed by atoms with E-state index in [0.29, 0.717) is 11.6 Å². The van der Waals surface area contributed by atoms with E-state index in [2.05, 4.69) is 4.99 Å². The van der Waals surface area contributed by atoms with Crippen molar-refractivity contribution in [2.45, 2.75) is 6.92 Å². The zero-order valence-electron chi connectivity index (χ0n) is 6.94. The molecule has 0 rings (SSSR count). The number of thioether (sulfide) groups is 1. The smallest absolute Gasteiger partial charge is 0.327 e. The molecule has 0 aromatic carbocycles. The molecule has 0 aliphatic carbocycles. The second-order valence-corrected chi connectivity index (χ2v) is 2.74. The minimum atomic E-state index is -1.14. The number of aliphatic imine (C=N–C) groups is 1. The van der Waals surface area contributed by atoms with E-state index >= 15 is 0 Å². The van der Waals surface area contributed by atoms with Crippen molar-refractivity contribution in [3.63, 3.8) is 0 Å². The van der Waals surface area contributed by atoms with Gasteiger partial charge in [0.05, 0.1) is 11.1 Å². The number of nitriles is 1. The molecule has 4 nitrogen and oxygen atoms in total. The lowest BCUT2D eigenvalue weighted by molar-refractivity contribution is -0.137. The second-order valence-electron chi connectivity index (χ2n) is 1.92. The van der Waals surface area contributed by atoms with Crippen LogP contribution in [-0.4, -0.2) is 28.9 Å². The van der Waals surface area contributed by atoms with Crippen molar-refractivity contribution in [1.82, 2.24) is 0 Å². The summed E-state index contributed by atoms with van der Waals surface area (Å²) in [5.74, 6) is -2.25. The number of hydrogen-bond acceptors (Lipinski definition) is 4. The Morgan fingerprint density at radius 1 is 1.83 bits per heavy atom. The van der Waals surface area contributed by atoms with Gasteiger partial charge in [0.25, 0.3) is 0 Å². The van der Waals surface area contributed by atoms with Crippen LogP contribution in [0.3, 0.4) is 0 Å². The Morgan fingerprint density at radius 2 is 2.42 bits per heavy atom. The van der Waals surface area contributed by atoms with Crippen molar-refractivity contribution in [1.29, 1.82) is 5.26 Å². The SMILES string of the molecule is CCN=C(SC)C(C#N)C(=O)O. The predicted molar refractivity (Wildman–Crippen MR) is 48.2 cm³/mol. The maximum Gasteiger partial charge on any atom is 0.327 e. The Balaban J connectivity index is 4.59. The number of aliphatic carboxylic acids is 1. The molecule has 12 heavy (non-hydrogen) atoms. The Morgan fingerprint density at radius 3 is 2.67 bits per heavy atom. The summed E-state index contributed by atoms with van der Waals surface area (Å²) in [6.45, 7) is 2.30. The van der Waals surface area contributed by atoms with Crippen molar-refractivity contribution >= 4 is 22.8 Å². The van der Waals surface area contributed by atoms with Gasteiger partial charge in [0.2, 0.25) is 0 Å². The van der Waals surface area contributed by atoms with Gasteiger partial charge in [-0.25, -0.2) is 0 Å². The third-order valence-corrected chi connectivity index (χ3v) is 1.93. The summed E-state index contributed by atoms with van der Waals surface area (Å²) in [5, 5.41) is 17.5. The molecule has 1 unspecified atom stereocenters. The summed E-state index contributed by atoms with van der Waals surface area (Å²) in [4.78, 5) is 14.4. The first-order valence-electron chi connectivity index (χ1n) is 3.38. The van der Waals surface area contributed by atoms with Gasteiger partial charge in [-0.15, -0.1) is 11.8 Å². The fourth-order valence-electron chi connectivity index (χ4n) is 0.646. The minimum Gasteiger partial charge on any atom is -0.480 e. The van der Waals surface area contributed by atoms with Gasteiger partial charge in [-0.1, -0.05) is 0 Å². The fraction of sp³-hybridized carbons (Fsp3) is 0.571. The molecule has 0 aromatic heterocycles. The van der Waals surface area contributed by atoms with Crippen LogP contribution in [0.2, 0.25) is 0 Å². The molecule has 0 aromatic rings. The summed E-state index contributed by atoms with van der Waals surface area (Å²) in [6, 6.07) is 1.69. The minimum absolute atomic E-state index is 0.368. The van der Waals surface area contributed by atoms with Gasteiger partial charge in [0.15, 0.2) is 5.92 Å². The van der Waals surface area contributed by atoms with Crippen LogP contribution in [0.1, 0.15) is 6.92 Å². The van der Waals surface area contributed by atoms with E-state index in [1.807, 2.05) is 0 Å². The molecule has 0 saturated heterocycles. The van der Waals surface area contributed by atoms with E-state index in [1.165, 1.54) is 11.8 Å². The number of carboxylic acids is 1. The summed E-state index contributed by atoms with van der Waals surface area (Å²) < 4.78 is 0. The van der Waals surface area contributed by atoms with Gasteiger partial charge in [-0.3, -0.25) is 9.79 Å². The van der Waals surface area contributed by atoms with Crippen LogP contribution in [0.4, 0.5) is 0 Å². The number of nitrogens with zero attached hydrogens (tertiary/aromatic N) is 2. The topological polar surface area (TPSA) is 73.5 Å². The Labute approximate surface area is 75.3 Å². The molecule has 0 fully saturated rings. The van der Waals surface area contributed by atoms with E-state index in [9.17, 15) is 4.79 Å². The molecular weight excluding hydrogens is 176 g/mol. The first kappa shape index (κ1) is 11.0. The molecule has 1 N–H and O–H groups in total. The number of rotatable bonds is 3. The third kappa shape index (κ3) is 2.93. The van der Waals surface area contributed by atoms with Gasteiger partial charge >= 0.3 is 5.97 Å². The molecule has 1 atom stereocenters. The van der Waals surface area contributed by atoms with E-state index in [4.69, 9.17) is 10.4 Å². The lowest BCUT2D eigenvalue weighted by Crippen LogP contribution is -2.19. The van der Waals surface area contributed by atoms with Crippen molar-refractivity contribution in [3.8, 4) is 6.07 Å². The summed E-state index contributed by atoms with van der Waals surface area (Å²) >= 11 is 1.20. The van der Waals surface area contributed by atoms with E-state index in [1.54, 1.807) is 19.2 Å². The lowest BCUT2D eigenvalue weighted by Gasteiger charge is -2.03. The van der Waals surface area contributed by atoms with E-state index in [0.717, 1.165) is 0 Å². The van der Waals surface area contributed by atoms with Crippen molar-refractivity contribution < 1.29 is 9.90 Å². The third-order valence-electron chi connectivity index (χ3n) is 1.15. The number of carboxylic acid groups (broad SMARTS) is 1. The predicted octanol–water partition coefficient (Wildman–Crippen LogP) is 0.992. The highest BCUT2D eigenvalue weighted by Gasteiger charge is 2.22. The zero-order chi connectivity index (χ0) is 9.56. The molecule has 0 spiro atoms. The maximum atomic E-state index is 10.5. The van der Waals surface area contributed by atoms with Crippen LogP contribution in [0, 0.1) is 17.2 Å². The molecule has 66 valence electrons. The highest BCUT2D eigenvalue weighted by atomic mass is 32.2. The fourth-order valence-corrected chi connectivity index (χ4v) is 1.29. The molecule has 0 saturated carbocycles. The lowest BCUT2D eigenvalue weighted by atomic mass is 10.2. The van der Waals surface area contributed by atoms with Crippen LogP contribution in [0.15, 0.2) is 4.99 Å². The highest BCUT2D eigenvalue weighted by Crippen LogP contribution is 2.10. The molecule has 0 radical (unpaired) electrons. The molecule has 5 heteroatoms. The molecule has 0 aliphatic rings. The molecule has 0 aliphatic heterocycles. The first-order chi connectivity index (χ1) is 5.67. The Kier molecular flexibility index (Phi) is 5.13. The van der Waals surface area contributed by atoms with Crippen LogP contribution in [0.5, 0.6) is 0 Å². The second kappa shape index (κ2) is 5.61. The standard InChI is InChI=1S/C7H10N2O2S/c1-3-9-6(12-2)5(4-8)7(10)11/h5H,3H2,1-2H3,(H,10,11). The molecular formula is C7H10N2O2S. The van der Waals surface area contributed by atoms with Gasteiger partial charge < -0.3 is 5.11 Å². The van der Waals surface area contributed by atoms with Crippen molar-refractivity contribution in [3.05, 3.63) is 0 Å². The molecule has 0 amide bonds. The summed E-state index contributed by atoms with van der Waals surface area (Å²) in [6.07, 6.45) is 1.71. The average molecular weight is 186 g/mol. The Bertz CT molecular complexity index is 232. The van der Waals surface area contributed by atoms with Crippen LogP contribution < -0.4 is 0 Å². The number of hydrogen-bond donors (Lipinski definition) is 1. The maximum absolute atomic E-state index is 10.5. The normalized spacial score (nSPS) is 13.6. The van der Waals surface area contributed by atoms with Crippen molar-refractivity contribution in [2.75, 3.05) is 12.8 Å². The summed E-state index contributed by atoms with van der Waals surface area (Å²) in [5.41, 5.74) is 0. The van der Waals surface area contributed by atoms with Gasteiger partial charge in [0.1, 0.15) is 0 Å². The summed E-state index contributed by atoms with van der Waals surface area (Å²) in [7, 11) is 0. The van der Waals surface area contributed by atoms with Crippen LogP contribution >= 0.6 is 11.8 Å². The Hall–Kier alpha value is -1.02. The average Bonchev–Trinajstić information content (AvgIpc) is 2.03. The monoisotopic (exact) mass is 186 g/mol. The molecule has 0 heterocycles. The van der Waals surface area contributed by atoms with Gasteiger partial charge in [0, 0.05) is 6.54 Å². The van der Waals surface area contributed by atoms with Gasteiger partial charge in [-0.2, -0.15) is 5.26 Å². The quantitative estimate of drug-likeness (QED) is 0.527. The van der Waals surface area contributed by atoms with Crippen LogP contribution in [-0.2, 0) is 4.79 Å². The van der Waals surface area contributed by atoms with E-state index < -0.39 is 11.9 Å². The first-order valence-corrected chi connectivity index (χ1v) is 4.60.